The molecule has 0 bridgehead atoms. The molecule has 0 radical (unpaired) electrons. The van der Waals surface area contributed by atoms with Gasteiger partial charge in [0.15, 0.2) is 11.9 Å². The normalized spacial score (nSPS) is 12.2. The molecule has 0 aliphatic rings. The van der Waals surface area contributed by atoms with Gasteiger partial charge in [0.05, 0.1) is 0 Å². The summed E-state index contributed by atoms with van der Waals surface area (Å²) in [5.74, 6) is 0.0876. The van der Waals surface area contributed by atoms with Crippen LogP contribution in [-0.2, 0) is 11.3 Å². The van der Waals surface area contributed by atoms with E-state index in [2.05, 4.69) is 32.2 Å². The van der Waals surface area contributed by atoms with Crippen molar-refractivity contribution in [3.8, 4) is 0 Å². The predicted octanol–water partition coefficient (Wildman–Crippen LogP) is 1.90. The first kappa shape index (κ1) is 13.7. The highest BCUT2D eigenvalue weighted by Crippen LogP contribution is 1.99. The lowest BCUT2D eigenvalue weighted by Crippen LogP contribution is -2.47. The lowest BCUT2D eigenvalue weighted by Gasteiger charge is -2.11. The molecule has 1 heterocycles. The van der Waals surface area contributed by atoms with Crippen LogP contribution in [0, 0.1) is 13.8 Å². The van der Waals surface area contributed by atoms with Crippen molar-refractivity contribution in [1.29, 1.82) is 0 Å². The van der Waals surface area contributed by atoms with Crippen molar-refractivity contribution in [3.63, 3.8) is 0 Å². The number of nitrogens with one attached hydrogen (secondary N) is 1. The molecule has 1 aromatic heterocycles. The second-order valence-electron chi connectivity index (χ2n) is 4.66. The monoisotopic (exact) mass is 235 g/mol. The highest BCUT2D eigenvalue weighted by Gasteiger charge is 2.14. The smallest absolute Gasteiger partial charge is 0.286 e. The summed E-state index contributed by atoms with van der Waals surface area (Å²) in [4.78, 5) is 11.8. The summed E-state index contributed by atoms with van der Waals surface area (Å²) >= 11 is 0. The molecule has 94 valence electrons. The number of nitrogens with zero attached hydrogens (tertiary/aromatic N) is 1. The van der Waals surface area contributed by atoms with Crippen LogP contribution in [0.5, 0.6) is 0 Å². The number of aromatic nitrogens is 1. The van der Waals surface area contributed by atoms with Crippen LogP contribution in [0.15, 0.2) is 18.3 Å². The van der Waals surface area contributed by atoms with Crippen molar-refractivity contribution in [2.45, 2.75) is 53.1 Å². The summed E-state index contributed by atoms with van der Waals surface area (Å²) < 4.78 is 1.99. The minimum absolute atomic E-state index is 0.0876. The molecule has 0 fully saturated rings. The fourth-order valence-electron chi connectivity index (χ4n) is 1.90. The third kappa shape index (κ3) is 4.17. The summed E-state index contributed by atoms with van der Waals surface area (Å²) in [7, 11) is 0. The first-order chi connectivity index (χ1) is 8.04. The quantitative estimate of drug-likeness (QED) is 0.777. The Bertz CT molecular complexity index is 388. The van der Waals surface area contributed by atoms with Gasteiger partial charge < -0.3 is 5.32 Å². The van der Waals surface area contributed by atoms with E-state index in [4.69, 9.17) is 0 Å². The van der Waals surface area contributed by atoms with Gasteiger partial charge >= 0.3 is 0 Å². The van der Waals surface area contributed by atoms with Gasteiger partial charge in [-0.1, -0.05) is 13.3 Å². The number of pyridine rings is 1. The molecule has 3 heteroatoms. The molecule has 0 aliphatic heterocycles. The molecule has 1 aromatic rings. The van der Waals surface area contributed by atoms with E-state index in [-0.39, 0.29) is 11.9 Å². The largest absolute Gasteiger partial charge is 0.348 e. The summed E-state index contributed by atoms with van der Waals surface area (Å²) in [5, 5.41) is 3.02. The van der Waals surface area contributed by atoms with Gasteiger partial charge in [-0.3, -0.25) is 4.79 Å². The maximum atomic E-state index is 11.8. The summed E-state index contributed by atoms with van der Waals surface area (Å²) in [6.07, 6.45) is 4.08. The summed E-state index contributed by atoms with van der Waals surface area (Å²) in [6.45, 7) is 8.68. The van der Waals surface area contributed by atoms with E-state index in [9.17, 15) is 4.79 Å². The topological polar surface area (TPSA) is 33.0 Å². The lowest BCUT2D eigenvalue weighted by atomic mass is 10.2. The Hall–Kier alpha value is -1.38. The Labute approximate surface area is 104 Å². The maximum absolute atomic E-state index is 11.8. The number of rotatable bonds is 5. The van der Waals surface area contributed by atoms with Crippen molar-refractivity contribution in [3.05, 3.63) is 29.6 Å². The Balaban J connectivity index is 2.59. The number of carbonyl (C=O) groups is 1. The molecule has 0 unspecified atom stereocenters. The molecule has 0 saturated heterocycles. The number of hydrogen-bond donors (Lipinski definition) is 1. The van der Waals surface area contributed by atoms with Crippen LogP contribution in [-0.4, -0.2) is 11.9 Å². The minimum atomic E-state index is 0.0876. The number of amides is 1. The zero-order chi connectivity index (χ0) is 12.8. The van der Waals surface area contributed by atoms with E-state index in [1.54, 1.807) is 0 Å². The van der Waals surface area contributed by atoms with Crippen molar-refractivity contribution in [2.24, 2.45) is 0 Å². The third-order valence-electron chi connectivity index (χ3n) is 3.06. The molecule has 17 heavy (non-hydrogen) atoms. The first-order valence-corrected chi connectivity index (χ1v) is 6.29. The van der Waals surface area contributed by atoms with Crippen LogP contribution < -0.4 is 9.88 Å². The molecule has 1 atom stereocenters. The van der Waals surface area contributed by atoms with E-state index in [1.807, 2.05) is 23.8 Å². The molecular weight excluding hydrogens is 212 g/mol. The van der Waals surface area contributed by atoms with E-state index >= 15 is 0 Å². The number of aryl methyl sites for hydroxylation is 1. The van der Waals surface area contributed by atoms with Crippen LogP contribution in [0.2, 0.25) is 0 Å². The van der Waals surface area contributed by atoms with Gasteiger partial charge in [-0.15, -0.1) is 0 Å². The van der Waals surface area contributed by atoms with E-state index < -0.39 is 0 Å². The van der Waals surface area contributed by atoms with E-state index in [1.165, 1.54) is 5.56 Å². The Kier molecular flexibility index (Phi) is 5.13. The van der Waals surface area contributed by atoms with E-state index in [0.717, 1.165) is 18.5 Å². The van der Waals surface area contributed by atoms with Crippen LogP contribution in [0.3, 0.4) is 0 Å². The van der Waals surface area contributed by atoms with Gasteiger partial charge in [0.2, 0.25) is 6.54 Å². The van der Waals surface area contributed by atoms with Gasteiger partial charge in [-0.05, 0) is 26.3 Å². The van der Waals surface area contributed by atoms with Gasteiger partial charge in [-0.25, -0.2) is 0 Å². The number of hydrogen-bond acceptors (Lipinski definition) is 1. The molecular formula is C14H23N2O+. The molecule has 1 N–H and O–H groups in total. The second kappa shape index (κ2) is 6.38. The average molecular weight is 235 g/mol. The molecule has 1 rings (SSSR count). The zero-order valence-corrected chi connectivity index (χ0v) is 11.3. The van der Waals surface area contributed by atoms with Crippen LogP contribution in [0.1, 0.15) is 37.9 Å². The van der Waals surface area contributed by atoms with Gasteiger partial charge in [0.25, 0.3) is 5.91 Å². The third-order valence-corrected chi connectivity index (χ3v) is 3.06. The maximum Gasteiger partial charge on any atom is 0.286 e. The van der Waals surface area contributed by atoms with Crippen molar-refractivity contribution >= 4 is 5.91 Å². The first-order valence-electron chi connectivity index (χ1n) is 6.29. The van der Waals surface area contributed by atoms with Crippen LogP contribution >= 0.6 is 0 Å². The fraction of sp³-hybridized carbons (Fsp3) is 0.571. The Morgan fingerprint density at radius 1 is 1.47 bits per heavy atom. The van der Waals surface area contributed by atoms with Gasteiger partial charge in [-0.2, -0.15) is 4.57 Å². The molecule has 3 nitrogen and oxygen atoms in total. The summed E-state index contributed by atoms with van der Waals surface area (Å²) in [5.41, 5.74) is 2.35. The van der Waals surface area contributed by atoms with Crippen molar-refractivity contribution < 1.29 is 9.36 Å². The molecule has 0 aromatic carbocycles. The Morgan fingerprint density at radius 2 is 2.18 bits per heavy atom. The SMILES string of the molecule is CCC[C@@H](C)NC(=O)C[n+]1cccc(C)c1C. The van der Waals surface area contributed by atoms with Crippen LogP contribution in [0.4, 0.5) is 0 Å². The fourth-order valence-corrected chi connectivity index (χ4v) is 1.90. The second-order valence-corrected chi connectivity index (χ2v) is 4.66. The van der Waals surface area contributed by atoms with Crippen LogP contribution in [0.25, 0.3) is 0 Å². The molecule has 1 amide bonds. The highest BCUT2D eigenvalue weighted by atomic mass is 16.2. The highest BCUT2D eigenvalue weighted by molar-refractivity contribution is 5.74. The van der Waals surface area contributed by atoms with Gasteiger partial charge in [0, 0.05) is 24.6 Å². The molecule has 0 saturated carbocycles. The average Bonchev–Trinajstić information content (AvgIpc) is 2.25. The Morgan fingerprint density at radius 3 is 2.82 bits per heavy atom. The number of carbonyl (C=O) groups excluding carboxylic acids is 1. The molecule has 0 spiro atoms. The minimum Gasteiger partial charge on any atom is -0.348 e. The predicted molar refractivity (Wildman–Crippen MR) is 68.6 cm³/mol. The van der Waals surface area contributed by atoms with Gasteiger partial charge in [0.1, 0.15) is 0 Å². The van der Waals surface area contributed by atoms with Crippen molar-refractivity contribution in [2.75, 3.05) is 0 Å². The zero-order valence-electron chi connectivity index (χ0n) is 11.3. The van der Waals surface area contributed by atoms with Crippen molar-refractivity contribution in [1.82, 2.24) is 5.32 Å². The lowest BCUT2D eigenvalue weighted by molar-refractivity contribution is -0.690. The summed E-state index contributed by atoms with van der Waals surface area (Å²) in [6, 6.07) is 4.30. The van der Waals surface area contributed by atoms with E-state index in [0.29, 0.717) is 6.54 Å². The standard InChI is InChI=1S/C14H22N2O/c1-5-7-12(3)15-14(17)10-16-9-6-8-11(2)13(16)4/h6,8-9,12H,5,7,10H2,1-4H3/p+1/t12-/m1/s1. The molecule has 0 aliphatic carbocycles.